The summed E-state index contributed by atoms with van der Waals surface area (Å²) in [7, 11) is 0. The predicted molar refractivity (Wildman–Crippen MR) is 69.0 cm³/mol. The lowest BCUT2D eigenvalue weighted by atomic mass is 10.3. The molecule has 1 amide bonds. The van der Waals surface area contributed by atoms with Crippen molar-refractivity contribution in [1.82, 2.24) is 0 Å². The highest BCUT2D eigenvalue weighted by molar-refractivity contribution is 9.10. The molecule has 6 heteroatoms. The van der Waals surface area contributed by atoms with E-state index in [1.165, 1.54) is 13.8 Å². The van der Waals surface area contributed by atoms with Gasteiger partial charge in [-0.15, -0.1) is 0 Å². The van der Waals surface area contributed by atoms with Crippen LogP contribution >= 0.6 is 15.9 Å². The van der Waals surface area contributed by atoms with Gasteiger partial charge in [-0.3, -0.25) is 4.79 Å². The zero-order valence-corrected chi connectivity index (χ0v) is 11.6. The lowest BCUT2D eigenvalue weighted by molar-refractivity contribution is -0.159. The number of carbonyl (C=O) groups excluding carboxylic acids is 2. The molecule has 0 radical (unpaired) electrons. The van der Waals surface area contributed by atoms with Crippen molar-refractivity contribution in [2.45, 2.75) is 26.1 Å². The Balaban J connectivity index is 2.54. The first-order valence-corrected chi connectivity index (χ1v) is 6.11. The SMILES string of the molecule is CC(OC(=O)C(C)Oc1ccc(Br)cc1)C(N)=O. The summed E-state index contributed by atoms with van der Waals surface area (Å²) in [6.07, 6.45) is -1.78. The molecule has 1 aromatic carbocycles. The van der Waals surface area contributed by atoms with Crippen molar-refractivity contribution in [3.05, 3.63) is 28.7 Å². The number of nitrogens with two attached hydrogens (primary N) is 1. The topological polar surface area (TPSA) is 78.6 Å². The quantitative estimate of drug-likeness (QED) is 0.838. The van der Waals surface area contributed by atoms with E-state index in [0.29, 0.717) is 5.75 Å². The normalized spacial score (nSPS) is 13.5. The van der Waals surface area contributed by atoms with Crippen LogP contribution in [0.1, 0.15) is 13.8 Å². The summed E-state index contributed by atoms with van der Waals surface area (Å²) in [6.45, 7) is 2.95. The second-order valence-corrected chi connectivity index (χ2v) is 4.61. The van der Waals surface area contributed by atoms with E-state index in [1.54, 1.807) is 24.3 Å². The zero-order valence-electron chi connectivity index (χ0n) is 10.1. The molecule has 2 N–H and O–H groups in total. The average Bonchev–Trinajstić information content (AvgIpc) is 2.31. The fraction of sp³-hybridized carbons (Fsp3) is 0.333. The summed E-state index contributed by atoms with van der Waals surface area (Å²) >= 11 is 3.29. The van der Waals surface area contributed by atoms with Crippen LogP contribution in [0.4, 0.5) is 0 Å². The number of halogens is 1. The van der Waals surface area contributed by atoms with E-state index in [0.717, 1.165) is 4.47 Å². The summed E-state index contributed by atoms with van der Waals surface area (Å²) in [5.41, 5.74) is 4.99. The van der Waals surface area contributed by atoms with Crippen LogP contribution in [0.15, 0.2) is 28.7 Å². The second-order valence-electron chi connectivity index (χ2n) is 3.70. The fourth-order valence-electron chi connectivity index (χ4n) is 1.09. The van der Waals surface area contributed by atoms with Gasteiger partial charge in [0.2, 0.25) is 0 Å². The Bertz CT molecular complexity index is 432. The standard InChI is InChI=1S/C12H14BrNO4/c1-7(11(14)15)18-12(16)8(2)17-10-5-3-9(13)4-6-10/h3-8H,1-2H3,(H2,14,15). The number of ether oxygens (including phenoxy) is 2. The maximum absolute atomic E-state index is 11.6. The number of esters is 1. The highest BCUT2D eigenvalue weighted by atomic mass is 79.9. The molecule has 0 aliphatic heterocycles. The van der Waals surface area contributed by atoms with Crippen molar-refractivity contribution in [2.24, 2.45) is 5.73 Å². The van der Waals surface area contributed by atoms with Gasteiger partial charge in [0.05, 0.1) is 0 Å². The maximum Gasteiger partial charge on any atom is 0.347 e. The summed E-state index contributed by atoms with van der Waals surface area (Å²) in [5.74, 6) is -0.794. The summed E-state index contributed by atoms with van der Waals surface area (Å²) in [4.78, 5) is 22.3. The van der Waals surface area contributed by atoms with Gasteiger partial charge in [-0.1, -0.05) is 15.9 Å². The van der Waals surface area contributed by atoms with Gasteiger partial charge in [0.25, 0.3) is 5.91 Å². The Morgan fingerprint density at radius 3 is 2.22 bits per heavy atom. The van der Waals surface area contributed by atoms with Gasteiger partial charge in [-0.2, -0.15) is 0 Å². The first-order valence-electron chi connectivity index (χ1n) is 5.32. The number of amides is 1. The molecule has 5 nitrogen and oxygen atoms in total. The molecule has 98 valence electrons. The van der Waals surface area contributed by atoms with Crippen molar-refractivity contribution < 1.29 is 19.1 Å². The van der Waals surface area contributed by atoms with E-state index >= 15 is 0 Å². The molecule has 2 atom stereocenters. The first kappa shape index (κ1) is 14.5. The van der Waals surface area contributed by atoms with Crippen LogP contribution in [0.2, 0.25) is 0 Å². The van der Waals surface area contributed by atoms with E-state index in [2.05, 4.69) is 15.9 Å². The summed E-state index contributed by atoms with van der Waals surface area (Å²) < 4.78 is 11.1. The van der Waals surface area contributed by atoms with Gasteiger partial charge in [-0.25, -0.2) is 4.79 Å². The van der Waals surface area contributed by atoms with Gasteiger partial charge in [0, 0.05) is 4.47 Å². The molecule has 0 spiro atoms. The lowest BCUT2D eigenvalue weighted by Gasteiger charge is -2.16. The van der Waals surface area contributed by atoms with Crippen molar-refractivity contribution in [2.75, 3.05) is 0 Å². The van der Waals surface area contributed by atoms with Crippen LogP contribution in [-0.4, -0.2) is 24.1 Å². The number of carbonyl (C=O) groups is 2. The molecule has 0 aliphatic rings. The fourth-order valence-corrected chi connectivity index (χ4v) is 1.36. The molecular weight excluding hydrogens is 302 g/mol. The van der Waals surface area contributed by atoms with Crippen molar-refractivity contribution >= 4 is 27.8 Å². The van der Waals surface area contributed by atoms with Crippen LogP contribution in [0.25, 0.3) is 0 Å². The molecule has 2 unspecified atom stereocenters. The molecule has 18 heavy (non-hydrogen) atoms. The highest BCUT2D eigenvalue weighted by Crippen LogP contribution is 2.17. The van der Waals surface area contributed by atoms with Crippen LogP contribution < -0.4 is 10.5 Å². The molecule has 0 fully saturated rings. The van der Waals surface area contributed by atoms with Crippen LogP contribution in [-0.2, 0) is 14.3 Å². The van der Waals surface area contributed by atoms with E-state index in [9.17, 15) is 9.59 Å². The van der Waals surface area contributed by atoms with E-state index in [4.69, 9.17) is 15.2 Å². The first-order chi connectivity index (χ1) is 8.40. The van der Waals surface area contributed by atoms with Crippen LogP contribution in [0.3, 0.4) is 0 Å². The Morgan fingerprint density at radius 1 is 1.17 bits per heavy atom. The minimum Gasteiger partial charge on any atom is -0.479 e. The third kappa shape index (κ3) is 4.37. The van der Waals surface area contributed by atoms with Crippen molar-refractivity contribution in [1.29, 1.82) is 0 Å². The average molecular weight is 316 g/mol. The predicted octanol–water partition coefficient (Wildman–Crippen LogP) is 1.63. The summed E-state index contributed by atoms with van der Waals surface area (Å²) in [5, 5.41) is 0. The number of primary amides is 1. The lowest BCUT2D eigenvalue weighted by Crippen LogP contribution is -2.35. The third-order valence-electron chi connectivity index (χ3n) is 2.15. The molecule has 1 rings (SSSR count). The number of hydrogen-bond donors (Lipinski definition) is 1. The largest absolute Gasteiger partial charge is 0.479 e. The van der Waals surface area contributed by atoms with Gasteiger partial charge in [0.1, 0.15) is 5.75 Å². The minimum atomic E-state index is -0.964. The molecule has 0 aliphatic carbocycles. The number of benzene rings is 1. The molecule has 0 saturated carbocycles. The van der Waals surface area contributed by atoms with E-state index in [1.807, 2.05) is 0 Å². The Morgan fingerprint density at radius 2 is 1.72 bits per heavy atom. The molecule has 1 aromatic rings. The number of hydrogen-bond acceptors (Lipinski definition) is 4. The van der Waals surface area contributed by atoms with Crippen molar-refractivity contribution in [3.8, 4) is 5.75 Å². The van der Waals surface area contributed by atoms with E-state index in [-0.39, 0.29) is 0 Å². The second kappa shape index (κ2) is 6.39. The van der Waals surface area contributed by atoms with Crippen molar-refractivity contribution in [3.63, 3.8) is 0 Å². The summed E-state index contributed by atoms with van der Waals surface area (Å²) in [6, 6.07) is 7.01. The zero-order chi connectivity index (χ0) is 13.7. The molecule has 0 bridgehead atoms. The smallest absolute Gasteiger partial charge is 0.347 e. The minimum absolute atomic E-state index is 0.536. The highest BCUT2D eigenvalue weighted by Gasteiger charge is 2.21. The van der Waals surface area contributed by atoms with Gasteiger partial charge in [0.15, 0.2) is 12.2 Å². The Hall–Kier alpha value is -1.56. The third-order valence-corrected chi connectivity index (χ3v) is 2.68. The van der Waals surface area contributed by atoms with Crippen LogP contribution in [0.5, 0.6) is 5.75 Å². The molecule has 0 saturated heterocycles. The number of rotatable bonds is 5. The molecular formula is C12H14BrNO4. The monoisotopic (exact) mass is 315 g/mol. The van der Waals surface area contributed by atoms with E-state index < -0.39 is 24.1 Å². The Kier molecular flexibility index (Phi) is 5.15. The molecule has 0 aromatic heterocycles. The maximum atomic E-state index is 11.6. The van der Waals surface area contributed by atoms with Gasteiger partial charge in [-0.05, 0) is 38.1 Å². The Labute approximate surface area is 113 Å². The van der Waals surface area contributed by atoms with Gasteiger partial charge < -0.3 is 15.2 Å². The van der Waals surface area contributed by atoms with Gasteiger partial charge >= 0.3 is 5.97 Å². The molecule has 0 heterocycles. The van der Waals surface area contributed by atoms with Crippen LogP contribution in [0, 0.1) is 0 Å².